The molecule has 20 heavy (non-hydrogen) atoms. The van der Waals surface area contributed by atoms with Gasteiger partial charge in [0.05, 0.1) is 4.92 Å². The summed E-state index contributed by atoms with van der Waals surface area (Å²) in [6.45, 7) is 2.14. The van der Waals surface area contributed by atoms with E-state index in [0.717, 1.165) is 18.9 Å². The average Bonchev–Trinajstić information content (AvgIpc) is 2.43. The van der Waals surface area contributed by atoms with Crippen LogP contribution in [0.4, 0.5) is 5.69 Å². The Kier molecular flexibility index (Phi) is 6.05. The van der Waals surface area contributed by atoms with Crippen molar-refractivity contribution in [2.75, 3.05) is 6.54 Å². The van der Waals surface area contributed by atoms with Gasteiger partial charge in [0.2, 0.25) is 10.0 Å². The van der Waals surface area contributed by atoms with Gasteiger partial charge in [0, 0.05) is 18.7 Å². The number of sulfonamides is 1. The van der Waals surface area contributed by atoms with E-state index in [1.807, 2.05) is 6.92 Å². The van der Waals surface area contributed by atoms with Crippen molar-refractivity contribution >= 4 is 15.7 Å². The third-order valence-electron chi connectivity index (χ3n) is 2.86. The first kappa shape index (κ1) is 16.5. The average molecular weight is 301 g/mol. The summed E-state index contributed by atoms with van der Waals surface area (Å²) in [5.74, 6) is 0. The standard InChI is InChI=1S/C12H19N3O4S/c1-2-3-6-10(9-13)14-20(18,19)12-8-5-4-7-11(12)15(16)17/h4-5,7-8,10,14H,2-3,6,9,13H2,1H3. The maximum Gasteiger partial charge on any atom is 0.289 e. The van der Waals surface area contributed by atoms with Crippen molar-refractivity contribution in [2.45, 2.75) is 37.1 Å². The summed E-state index contributed by atoms with van der Waals surface area (Å²) >= 11 is 0. The number of nitrogens with one attached hydrogen (secondary N) is 1. The van der Waals surface area contributed by atoms with Crippen molar-refractivity contribution in [3.05, 3.63) is 34.4 Å². The first-order valence-corrected chi connectivity index (χ1v) is 7.86. The Hall–Kier alpha value is -1.51. The highest BCUT2D eigenvalue weighted by atomic mass is 32.2. The van der Waals surface area contributed by atoms with E-state index in [2.05, 4.69) is 4.72 Å². The lowest BCUT2D eigenvalue weighted by atomic mass is 10.1. The molecular weight excluding hydrogens is 282 g/mol. The molecule has 0 aliphatic rings. The summed E-state index contributed by atoms with van der Waals surface area (Å²) in [6.07, 6.45) is 2.36. The van der Waals surface area contributed by atoms with E-state index in [-0.39, 0.29) is 11.4 Å². The predicted octanol–water partition coefficient (Wildman–Crippen LogP) is 1.39. The minimum absolute atomic E-state index is 0.153. The second-order valence-electron chi connectivity index (χ2n) is 4.42. The smallest absolute Gasteiger partial charge is 0.289 e. The number of benzene rings is 1. The van der Waals surface area contributed by atoms with Crippen LogP contribution in [0.5, 0.6) is 0 Å². The number of nitrogens with zero attached hydrogens (tertiary/aromatic N) is 1. The van der Waals surface area contributed by atoms with Crippen LogP contribution < -0.4 is 10.5 Å². The van der Waals surface area contributed by atoms with Gasteiger partial charge in [-0.3, -0.25) is 10.1 Å². The molecule has 112 valence electrons. The second kappa shape index (κ2) is 7.32. The molecule has 0 bridgehead atoms. The number of para-hydroxylation sites is 1. The Morgan fingerprint density at radius 2 is 2.05 bits per heavy atom. The second-order valence-corrected chi connectivity index (χ2v) is 6.10. The third kappa shape index (κ3) is 4.26. The molecule has 1 unspecified atom stereocenters. The van der Waals surface area contributed by atoms with Crippen LogP contribution in [-0.2, 0) is 10.0 Å². The minimum atomic E-state index is -3.95. The highest BCUT2D eigenvalue weighted by molar-refractivity contribution is 7.89. The van der Waals surface area contributed by atoms with Gasteiger partial charge in [-0.15, -0.1) is 0 Å². The number of rotatable bonds is 8. The van der Waals surface area contributed by atoms with Crippen LogP contribution in [-0.4, -0.2) is 25.9 Å². The lowest BCUT2D eigenvalue weighted by molar-refractivity contribution is -0.387. The fraction of sp³-hybridized carbons (Fsp3) is 0.500. The molecule has 0 aromatic heterocycles. The maximum absolute atomic E-state index is 12.2. The molecule has 1 aromatic carbocycles. The van der Waals surface area contributed by atoms with Crippen molar-refractivity contribution in [1.29, 1.82) is 0 Å². The summed E-state index contributed by atoms with van der Waals surface area (Å²) in [5.41, 5.74) is 5.10. The highest BCUT2D eigenvalue weighted by Crippen LogP contribution is 2.23. The molecule has 8 heteroatoms. The molecule has 1 rings (SSSR count). The van der Waals surface area contributed by atoms with Crippen LogP contribution in [0.2, 0.25) is 0 Å². The third-order valence-corrected chi connectivity index (χ3v) is 4.43. The predicted molar refractivity (Wildman–Crippen MR) is 75.8 cm³/mol. The van der Waals surface area contributed by atoms with E-state index in [0.29, 0.717) is 6.42 Å². The summed E-state index contributed by atoms with van der Waals surface area (Å²) < 4.78 is 26.9. The number of nitro benzene ring substituents is 1. The quantitative estimate of drug-likeness (QED) is 0.556. The molecule has 1 atom stereocenters. The van der Waals surface area contributed by atoms with Crippen LogP contribution in [0.1, 0.15) is 26.2 Å². The number of hydrogen-bond acceptors (Lipinski definition) is 5. The molecule has 0 saturated carbocycles. The van der Waals surface area contributed by atoms with Gasteiger partial charge in [0.25, 0.3) is 5.69 Å². The zero-order valence-electron chi connectivity index (χ0n) is 11.3. The van der Waals surface area contributed by atoms with Gasteiger partial charge in [0.15, 0.2) is 4.90 Å². The van der Waals surface area contributed by atoms with Crippen molar-refractivity contribution in [3.8, 4) is 0 Å². The van der Waals surface area contributed by atoms with E-state index in [1.165, 1.54) is 18.2 Å². The Labute approximate surface area is 118 Å². The van der Waals surface area contributed by atoms with Gasteiger partial charge in [0.1, 0.15) is 0 Å². The van der Waals surface area contributed by atoms with Gasteiger partial charge in [-0.1, -0.05) is 31.9 Å². The Bertz CT molecular complexity index is 560. The normalized spacial score (nSPS) is 13.1. The minimum Gasteiger partial charge on any atom is -0.329 e. The molecule has 0 aliphatic carbocycles. The molecule has 0 heterocycles. The monoisotopic (exact) mass is 301 g/mol. The van der Waals surface area contributed by atoms with Crippen LogP contribution in [0.3, 0.4) is 0 Å². The van der Waals surface area contributed by atoms with E-state index in [4.69, 9.17) is 5.73 Å². The summed E-state index contributed by atoms with van der Waals surface area (Å²) in [4.78, 5) is 9.84. The summed E-state index contributed by atoms with van der Waals surface area (Å²) in [5, 5.41) is 10.9. The van der Waals surface area contributed by atoms with Crippen LogP contribution in [0.15, 0.2) is 29.2 Å². The largest absolute Gasteiger partial charge is 0.329 e. The fourth-order valence-corrected chi connectivity index (χ4v) is 3.25. The Morgan fingerprint density at radius 1 is 1.40 bits per heavy atom. The zero-order chi connectivity index (χ0) is 15.2. The lowest BCUT2D eigenvalue weighted by Crippen LogP contribution is -2.40. The number of hydrogen-bond donors (Lipinski definition) is 2. The van der Waals surface area contributed by atoms with Crippen molar-refractivity contribution in [2.24, 2.45) is 5.73 Å². The van der Waals surface area contributed by atoms with Crippen molar-refractivity contribution in [3.63, 3.8) is 0 Å². The topological polar surface area (TPSA) is 115 Å². The maximum atomic E-state index is 12.2. The molecule has 0 aliphatic heterocycles. The highest BCUT2D eigenvalue weighted by Gasteiger charge is 2.26. The molecule has 0 amide bonds. The molecule has 0 spiro atoms. The van der Waals surface area contributed by atoms with Gasteiger partial charge < -0.3 is 5.73 Å². The van der Waals surface area contributed by atoms with E-state index in [1.54, 1.807) is 0 Å². The Morgan fingerprint density at radius 3 is 2.60 bits per heavy atom. The lowest BCUT2D eigenvalue weighted by Gasteiger charge is -2.16. The van der Waals surface area contributed by atoms with Crippen molar-refractivity contribution in [1.82, 2.24) is 4.72 Å². The molecular formula is C12H19N3O4S. The molecule has 0 saturated heterocycles. The van der Waals surface area contributed by atoms with E-state index in [9.17, 15) is 18.5 Å². The summed E-state index contributed by atoms with van der Waals surface area (Å²) in [7, 11) is -3.95. The number of nitro groups is 1. The molecule has 1 aromatic rings. The van der Waals surface area contributed by atoms with E-state index < -0.39 is 26.7 Å². The fourth-order valence-electron chi connectivity index (χ4n) is 1.79. The van der Waals surface area contributed by atoms with Gasteiger partial charge in [-0.25, -0.2) is 13.1 Å². The zero-order valence-corrected chi connectivity index (χ0v) is 12.1. The van der Waals surface area contributed by atoms with Gasteiger partial charge in [-0.2, -0.15) is 0 Å². The molecule has 7 nitrogen and oxygen atoms in total. The van der Waals surface area contributed by atoms with Crippen LogP contribution >= 0.6 is 0 Å². The Balaban J connectivity index is 3.02. The van der Waals surface area contributed by atoms with Crippen molar-refractivity contribution < 1.29 is 13.3 Å². The van der Waals surface area contributed by atoms with E-state index >= 15 is 0 Å². The van der Waals surface area contributed by atoms with Gasteiger partial charge >= 0.3 is 0 Å². The van der Waals surface area contributed by atoms with Gasteiger partial charge in [-0.05, 0) is 12.5 Å². The molecule has 3 N–H and O–H groups in total. The van der Waals surface area contributed by atoms with Crippen LogP contribution in [0.25, 0.3) is 0 Å². The summed E-state index contributed by atoms with van der Waals surface area (Å²) in [6, 6.07) is 4.84. The molecule has 0 radical (unpaired) electrons. The first-order valence-electron chi connectivity index (χ1n) is 6.38. The molecule has 0 fully saturated rings. The first-order chi connectivity index (χ1) is 9.42. The number of unbranched alkanes of at least 4 members (excludes halogenated alkanes) is 1. The van der Waals surface area contributed by atoms with Crippen LogP contribution in [0, 0.1) is 10.1 Å². The SMILES string of the molecule is CCCCC(CN)NS(=O)(=O)c1ccccc1[N+](=O)[O-]. The number of nitrogens with two attached hydrogens (primary N) is 1.